The molecule has 76 valence electrons. The Hall–Kier alpha value is -1.17. The number of carbonyl (C=O) groups excluding carboxylic acids is 2. The van der Waals surface area contributed by atoms with Crippen LogP contribution in [0.15, 0.2) is 36.5 Å². The van der Waals surface area contributed by atoms with Crippen molar-refractivity contribution >= 4 is 6.15 Å². The topological polar surface area (TPSA) is 34.1 Å². The van der Waals surface area contributed by atoms with Crippen molar-refractivity contribution in [3.05, 3.63) is 48.6 Å². The van der Waals surface area contributed by atoms with Crippen LogP contribution in [0.4, 0.5) is 0 Å². The molecule has 2 nitrogen and oxygen atoms in total. The van der Waals surface area contributed by atoms with Gasteiger partial charge in [-0.25, -0.2) is 24.3 Å². The van der Waals surface area contributed by atoms with Crippen molar-refractivity contribution in [2.75, 3.05) is 0 Å². The van der Waals surface area contributed by atoms with Gasteiger partial charge in [0.15, 0.2) is 0 Å². The predicted molar refractivity (Wildman–Crippen MR) is 48.1 cm³/mol. The van der Waals surface area contributed by atoms with E-state index in [0.717, 1.165) is 12.8 Å². The van der Waals surface area contributed by atoms with Gasteiger partial charge in [0.05, 0.1) is 0 Å². The zero-order valence-electron chi connectivity index (χ0n) is 7.51. The summed E-state index contributed by atoms with van der Waals surface area (Å²) in [6, 6.07) is 0. The molecule has 0 N–H and O–H groups in total. The molecule has 14 heavy (non-hydrogen) atoms. The van der Waals surface area contributed by atoms with E-state index in [0.29, 0.717) is 0 Å². The summed E-state index contributed by atoms with van der Waals surface area (Å²) in [4.78, 5) is 16.2. The molecular weight excluding hydrogens is 223 g/mol. The van der Waals surface area contributed by atoms with E-state index in [-0.39, 0.29) is 22.6 Å². The molecule has 0 aliphatic heterocycles. The van der Waals surface area contributed by atoms with Crippen LogP contribution in [0.25, 0.3) is 0 Å². The smallest absolute Gasteiger partial charge is 0.273 e. The van der Waals surface area contributed by atoms with Crippen LogP contribution in [0.3, 0.4) is 0 Å². The summed E-state index contributed by atoms with van der Waals surface area (Å²) in [5.41, 5.74) is 0. The molecule has 0 aromatic heterocycles. The second kappa shape index (κ2) is 14.4. The van der Waals surface area contributed by atoms with Crippen molar-refractivity contribution in [2.24, 2.45) is 0 Å². The molecule has 0 radical (unpaired) electrons. The van der Waals surface area contributed by atoms with Gasteiger partial charge in [-0.3, -0.25) is 12.2 Å². The van der Waals surface area contributed by atoms with Crippen LogP contribution >= 0.6 is 0 Å². The van der Waals surface area contributed by atoms with Gasteiger partial charge < -0.3 is 0 Å². The second-order valence-electron chi connectivity index (χ2n) is 2.09. The Morgan fingerprint density at radius 1 is 0.929 bits per heavy atom. The largest absolute Gasteiger partial charge is 2.00 e. The van der Waals surface area contributed by atoms with Gasteiger partial charge in [-0.2, -0.15) is 21.7 Å². The zero-order chi connectivity index (χ0) is 9.78. The molecule has 0 unspecified atom stereocenters. The maximum absolute atomic E-state index is 8.12. The van der Waals surface area contributed by atoms with E-state index in [1.165, 1.54) is 0 Å². The van der Waals surface area contributed by atoms with Gasteiger partial charge in [0.25, 0.3) is 0 Å². The summed E-state index contributed by atoms with van der Waals surface area (Å²) in [5.74, 6) is 0. The summed E-state index contributed by atoms with van der Waals surface area (Å²) >= 11 is 0. The molecule has 0 spiro atoms. The van der Waals surface area contributed by atoms with Crippen LogP contribution < -0.4 is 0 Å². The fourth-order valence-corrected chi connectivity index (χ4v) is 0.680. The maximum atomic E-state index is 8.12. The van der Waals surface area contributed by atoms with E-state index in [1.54, 1.807) is 0 Å². The van der Waals surface area contributed by atoms with Crippen LogP contribution in [-0.2, 0) is 26.1 Å². The molecule has 2 rings (SSSR count). The molecule has 0 saturated carbocycles. The zero-order valence-corrected chi connectivity index (χ0v) is 8.50. The van der Waals surface area contributed by atoms with Crippen molar-refractivity contribution in [3.63, 3.8) is 0 Å². The Morgan fingerprint density at radius 3 is 1.36 bits per heavy atom. The van der Waals surface area contributed by atoms with Crippen LogP contribution in [0.2, 0.25) is 0 Å². The molecule has 2 aliphatic rings. The van der Waals surface area contributed by atoms with Crippen molar-refractivity contribution in [1.82, 2.24) is 0 Å². The average molecular weight is 233 g/mol. The maximum Gasteiger partial charge on any atom is 2.00 e. The van der Waals surface area contributed by atoms with Crippen molar-refractivity contribution in [3.8, 4) is 0 Å². The van der Waals surface area contributed by atoms with Gasteiger partial charge in [0.2, 0.25) is 0 Å². The number of hydrogen-bond donors (Lipinski definition) is 0. The summed E-state index contributed by atoms with van der Waals surface area (Å²) in [6.07, 6.45) is 20.2. The number of rotatable bonds is 0. The molecule has 0 bridgehead atoms. The molecule has 3 heteroatoms. The molecule has 0 atom stereocenters. The van der Waals surface area contributed by atoms with E-state index in [2.05, 4.69) is 24.3 Å². The monoisotopic (exact) mass is 232 g/mol. The average Bonchev–Trinajstić information content (AvgIpc) is 2.85. The fraction of sp³-hybridized carbons (Fsp3) is 0.182. The first-order valence-electron chi connectivity index (χ1n) is 3.84. The Morgan fingerprint density at radius 2 is 1.29 bits per heavy atom. The minimum Gasteiger partial charge on any atom is -0.273 e. The third-order valence-electron chi connectivity index (χ3n) is 1.17. The minimum atomic E-state index is 0. The Kier molecular flexibility index (Phi) is 15.7. The first-order valence-corrected chi connectivity index (χ1v) is 3.84. The van der Waals surface area contributed by atoms with Crippen LogP contribution in [0, 0.1) is 12.2 Å². The summed E-state index contributed by atoms with van der Waals surface area (Å²) in [5, 5.41) is 0. The molecular formula is C11H10NiO2. The van der Waals surface area contributed by atoms with Gasteiger partial charge in [-0.1, -0.05) is 0 Å². The minimum absolute atomic E-state index is 0. The molecule has 2 aliphatic carbocycles. The molecule has 0 aromatic carbocycles. The van der Waals surface area contributed by atoms with E-state index in [4.69, 9.17) is 9.59 Å². The number of allylic oxidation sites excluding steroid dienone is 8. The predicted octanol–water partition coefficient (Wildman–Crippen LogP) is 2.03. The fourth-order valence-electron chi connectivity index (χ4n) is 0.680. The molecule has 0 fully saturated rings. The first-order chi connectivity index (χ1) is 6.41. The normalized spacial score (nSPS) is 13.1. The molecule has 0 heterocycles. The first kappa shape index (κ1) is 15.3. The second-order valence-corrected chi connectivity index (χ2v) is 2.09. The third kappa shape index (κ3) is 13.4. The van der Waals surface area contributed by atoms with E-state index in [9.17, 15) is 0 Å². The molecule has 0 aromatic rings. The summed E-state index contributed by atoms with van der Waals surface area (Å²) in [6.45, 7) is 0. The van der Waals surface area contributed by atoms with E-state index >= 15 is 0 Å². The van der Waals surface area contributed by atoms with Gasteiger partial charge in [-0.05, 0) is 0 Å². The standard InChI is InChI=1S/2C5H5.CO2.Ni/c2*1-2-4-5-3-1;2-1-3;/h2*1-3H,4H2;;/q2*-1;;+2. The Balaban J connectivity index is 0. The van der Waals surface area contributed by atoms with Crippen LogP contribution in [0.1, 0.15) is 12.8 Å². The summed E-state index contributed by atoms with van der Waals surface area (Å²) in [7, 11) is 0. The molecule has 0 saturated heterocycles. The SMILES string of the molecule is O=C=O.[C-]1=CC=CC1.[C-]1=CC=CC1.[Ni+2]. The van der Waals surface area contributed by atoms with E-state index < -0.39 is 0 Å². The van der Waals surface area contributed by atoms with Crippen molar-refractivity contribution in [1.29, 1.82) is 0 Å². The van der Waals surface area contributed by atoms with Crippen LogP contribution in [-0.4, -0.2) is 6.15 Å². The van der Waals surface area contributed by atoms with Gasteiger partial charge >= 0.3 is 22.6 Å². The molecule has 0 amide bonds. The van der Waals surface area contributed by atoms with Crippen molar-refractivity contribution in [2.45, 2.75) is 12.8 Å². The van der Waals surface area contributed by atoms with Gasteiger partial charge in [0.1, 0.15) is 0 Å². The number of hydrogen-bond acceptors (Lipinski definition) is 2. The third-order valence-corrected chi connectivity index (χ3v) is 1.17. The Bertz CT molecular complexity index is 214. The van der Waals surface area contributed by atoms with Gasteiger partial charge in [0, 0.05) is 0 Å². The quantitative estimate of drug-likeness (QED) is 0.473. The van der Waals surface area contributed by atoms with Gasteiger partial charge in [-0.15, -0.1) is 12.8 Å². The summed E-state index contributed by atoms with van der Waals surface area (Å²) < 4.78 is 0. The van der Waals surface area contributed by atoms with Crippen LogP contribution in [0.5, 0.6) is 0 Å². The Labute approximate surface area is 94.0 Å². The van der Waals surface area contributed by atoms with E-state index in [1.807, 2.05) is 24.3 Å². The van der Waals surface area contributed by atoms with Crippen molar-refractivity contribution < 1.29 is 26.1 Å².